The topological polar surface area (TPSA) is 78.9 Å². The number of hydrogen-bond acceptors (Lipinski definition) is 6. The van der Waals surface area contributed by atoms with Gasteiger partial charge in [0.2, 0.25) is 5.79 Å². The van der Waals surface area contributed by atoms with Gasteiger partial charge in [0.15, 0.2) is 0 Å². The molecule has 1 aliphatic heterocycles. The van der Waals surface area contributed by atoms with Crippen LogP contribution in [-0.2, 0) is 28.6 Å². The third-order valence-electron chi connectivity index (χ3n) is 8.59. The minimum Gasteiger partial charge on any atom is -0.469 e. The van der Waals surface area contributed by atoms with Gasteiger partial charge in [0.05, 0.1) is 13.0 Å². The number of esters is 2. The molecule has 6 atom stereocenters. The smallest absolute Gasteiger partial charge is 0.334 e. The molecule has 1 spiro atoms. The summed E-state index contributed by atoms with van der Waals surface area (Å²) in [4.78, 5) is 36.9. The van der Waals surface area contributed by atoms with Crippen LogP contribution in [0.1, 0.15) is 52.4 Å². The van der Waals surface area contributed by atoms with Gasteiger partial charge in [0.25, 0.3) is 0 Å². The lowest BCUT2D eigenvalue weighted by Crippen LogP contribution is -2.53. The predicted molar refractivity (Wildman–Crippen MR) is 102 cm³/mol. The van der Waals surface area contributed by atoms with Gasteiger partial charge in [0, 0.05) is 36.0 Å². The van der Waals surface area contributed by atoms with Crippen molar-refractivity contribution >= 4 is 17.7 Å². The molecule has 6 nitrogen and oxygen atoms in total. The Hall–Kier alpha value is -1.95. The highest BCUT2D eigenvalue weighted by atomic mass is 16.8. The van der Waals surface area contributed by atoms with Crippen molar-refractivity contribution in [3.05, 3.63) is 23.3 Å². The third-order valence-corrected chi connectivity index (χ3v) is 8.59. The Morgan fingerprint density at radius 1 is 1.24 bits per heavy atom. The van der Waals surface area contributed by atoms with Crippen molar-refractivity contribution in [2.75, 3.05) is 13.7 Å². The number of rotatable bonds is 1. The first-order valence-corrected chi connectivity index (χ1v) is 10.6. The van der Waals surface area contributed by atoms with Gasteiger partial charge in [0.1, 0.15) is 12.4 Å². The van der Waals surface area contributed by atoms with E-state index in [1.54, 1.807) is 0 Å². The number of fused-ring (bicyclic) bond motifs is 6. The quantitative estimate of drug-likeness (QED) is 0.497. The molecule has 1 heterocycles. The normalized spacial score (nSPS) is 45.7. The molecule has 0 aromatic heterocycles. The van der Waals surface area contributed by atoms with Crippen LogP contribution in [-0.4, -0.2) is 37.2 Å². The number of ketones is 1. The molecule has 3 fully saturated rings. The van der Waals surface area contributed by atoms with Crippen LogP contribution in [0, 0.1) is 28.6 Å². The Morgan fingerprint density at radius 2 is 2.03 bits per heavy atom. The number of methoxy groups -OCH3 is 1. The van der Waals surface area contributed by atoms with Crippen molar-refractivity contribution in [1.82, 2.24) is 0 Å². The van der Waals surface area contributed by atoms with Crippen LogP contribution < -0.4 is 0 Å². The first kappa shape index (κ1) is 19.0. The number of carbonyl (C=O) groups excluding carboxylic acids is 3. The fourth-order valence-electron chi connectivity index (χ4n) is 6.94. The average molecular weight is 400 g/mol. The number of ether oxygens (including phenoxy) is 3. The molecule has 6 heteroatoms. The molecule has 0 bridgehead atoms. The Kier molecular flexibility index (Phi) is 3.96. The standard InChI is InChI=1S/C23H28O6/c1-21-7-4-14(24)10-13(21)11-15(20(26)27-3)19-16(21)5-8-22(2)17(19)6-9-23(22)28-12-18(25)29-23/h5,11,15,17,19H,4,6-10,12H2,1-3H3/t15-,17?,19?,21+,22+,23+/m1/s1. The minimum atomic E-state index is -0.898. The molecule has 0 N–H and O–H groups in total. The van der Waals surface area contributed by atoms with Crippen LogP contribution in [0.2, 0.25) is 0 Å². The van der Waals surface area contributed by atoms with Crippen molar-refractivity contribution in [2.45, 2.75) is 58.2 Å². The molecular formula is C23H28O6. The van der Waals surface area contributed by atoms with Crippen LogP contribution in [0.4, 0.5) is 0 Å². The van der Waals surface area contributed by atoms with E-state index in [0.717, 1.165) is 24.8 Å². The van der Waals surface area contributed by atoms with Crippen LogP contribution in [0.25, 0.3) is 0 Å². The molecule has 1 saturated heterocycles. The van der Waals surface area contributed by atoms with Crippen LogP contribution >= 0.6 is 0 Å². The third kappa shape index (κ3) is 2.35. The summed E-state index contributed by atoms with van der Waals surface area (Å²) in [6.07, 6.45) is 8.27. The maximum absolute atomic E-state index is 12.8. The Balaban J connectivity index is 1.63. The number of allylic oxidation sites excluding steroid dienone is 3. The molecule has 2 unspecified atom stereocenters. The van der Waals surface area contributed by atoms with Crippen molar-refractivity contribution < 1.29 is 28.6 Å². The minimum absolute atomic E-state index is 0.00610. The molecule has 156 valence electrons. The molecule has 29 heavy (non-hydrogen) atoms. The fourth-order valence-corrected chi connectivity index (χ4v) is 6.94. The summed E-state index contributed by atoms with van der Waals surface area (Å²) < 4.78 is 16.9. The first-order valence-electron chi connectivity index (χ1n) is 10.6. The second-order valence-corrected chi connectivity index (χ2v) is 9.76. The second-order valence-electron chi connectivity index (χ2n) is 9.76. The lowest BCUT2D eigenvalue weighted by Gasteiger charge is -2.55. The fraction of sp³-hybridized carbons (Fsp3) is 0.696. The summed E-state index contributed by atoms with van der Waals surface area (Å²) in [5.41, 5.74) is 1.76. The molecule has 2 saturated carbocycles. The Bertz CT molecular complexity index is 871. The van der Waals surface area contributed by atoms with Crippen LogP contribution in [0.15, 0.2) is 23.3 Å². The summed E-state index contributed by atoms with van der Waals surface area (Å²) in [7, 11) is 1.42. The van der Waals surface area contributed by atoms with Gasteiger partial charge in [-0.05, 0) is 25.2 Å². The van der Waals surface area contributed by atoms with Gasteiger partial charge in [-0.1, -0.05) is 37.1 Å². The zero-order valence-electron chi connectivity index (χ0n) is 17.3. The highest BCUT2D eigenvalue weighted by Crippen LogP contribution is 2.67. The molecule has 0 aromatic carbocycles. The molecular weight excluding hydrogens is 372 g/mol. The average Bonchev–Trinajstić information content (AvgIpc) is 3.22. The van der Waals surface area contributed by atoms with Crippen LogP contribution in [0.5, 0.6) is 0 Å². The summed E-state index contributed by atoms with van der Waals surface area (Å²) in [6, 6.07) is 0. The summed E-state index contributed by atoms with van der Waals surface area (Å²) in [5, 5.41) is 0. The van der Waals surface area contributed by atoms with Gasteiger partial charge < -0.3 is 14.2 Å². The lowest BCUT2D eigenvalue weighted by atomic mass is 9.50. The zero-order chi connectivity index (χ0) is 20.6. The maximum Gasteiger partial charge on any atom is 0.334 e. The van der Waals surface area contributed by atoms with Crippen molar-refractivity contribution in [1.29, 1.82) is 0 Å². The van der Waals surface area contributed by atoms with Crippen LogP contribution in [0.3, 0.4) is 0 Å². The number of Topliss-reactive ketones (excluding diaryl/α,β-unsaturated/α-hetero) is 1. The van der Waals surface area contributed by atoms with E-state index in [9.17, 15) is 14.4 Å². The molecule has 0 amide bonds. The summed E-state index contributed by atoms with van der Waals surface area (Å²) in [6.45, 7) is 4.35. The van der Waals surface area contributed by atoms with E-state index in [1.165, 1.54) is 12.7 Å². The van der Waals surface area contributed by atoms with Crippen molar-refractivity contribution in [3.63, 3.8) is 0 Å². The van der Waals surface area contributed by atoms with E-state index >= 15 is 0 Å². The van der Waals surface area contributed by atoms with Gasteiger partial charge in [-0.25, -0.2) is 4.79 Å². The van der Waals surface area contributed by atoms with E-state index in [-0.39, 0.29) is 47.0 Å². The largest absolute Gasteiger partial charge is 0.469 e. The molecule has 0 aromatic rings. The van der Waals surface area contributed by atoms with E-state index in [2.05, 4.69) is 19.9 Å². The second kappa shape index (κ2) is 6.03. The summed E-state index contributed by atoms with van der Waals surface area (Å²) in [5.74, 6) is -1.53. The van der Waals surface area contributed by atoms with Crippen molar-refractivity contribution in [3.8, 4) is 0 Å². The van der Waals surface area contributed by atoms with Crippen molar-refractivity contribution in [2.24, 2.45) is 28.6 Å². The van der Waals surface area contributed by atoms with Gasteiger partial charge >= 0.3 is 11.9 Å². The first-order chi connectivity index (χ1) is 13.7. The number of hydrogen-bond donors (Lipinski definition) is 0. The van der Waals surface area contributed by atoms with E-state index in [1.807, 2.05) is 6.08 Å². The molecule has 5 rings (SSSR count). The van der Waals surface area contributed by atoms with Gasteiger partial charge in [-0.15, -0.1) is 0 Å². The van der Waals surface area contributed by atoms with E-state index in [0.29, 0.717) is 19.3 Å². The Morgan fingerprint density at radius 3 is 2.72 bits per heavy atom. The molecule has 4 aliphatic carbocycles. The lowest BCUT2D eigenvalue weighted by molar-refractivity contribution is -0.228. The number of carbonyl (C=O) groups is 3. The van der Waals surface area contributed by atoms with Gasteiger partial charge in [-0.2, -0.15) is 0 Å². The molecule has 5 aliphatic rings. The predicted octanol–water partition coefficient (Wildman–Crippen LogP) is 3.11. The SMILES string of the molecule is COC(=O)[C@@H]1C=C2CC(=O)CC[C@]2(C)C2=CC[C@@]3(C)C(CC[C@@]34OCC(=O)O4)C21. The van der Waals surface area contributed by atoms with Gasteiger partial charge in [-0.3, -0.25) is 9.59 Å². The zero-order valence-corrected chi connectivity index (χ0v) is 17.3. The Labute approximate surface area is 170 Å². The maximum atomic E-state index is 12.8. The highest BCUT2D eigenvalue weighted by Gasteiger charge is 2.68. The van der Waals surface area contributed by atoms with E-state index < -0.39 is 11.7 Å². The molecule has 0 radical (unpaired) electrons. The monoisotopic (exact) mass is 400 g/mol. The van der Waals surface area contributed by atoms with E-state index in [4.69, 9.17) is 14.2 Å². The summed E-state index contributed by atoms with van der Waals surface area (Å²) >= 11 is 0. The highest BCUT2D eigenvalue weighted by molar-refractivity contribution is 5.85.